The molecule has 1 unspecified atom stereocenters. The Kier molecular flexibility index (Phi) is 5.59. The third-order valence-electron chi connectivity index (χ3n) is 4.31. The van der Waals surface area contributed by atoms with Gasteiger partial charge in [0.2, 0.25) is 5.91 Å². The maximum absolute atomic E-state index is 12.2. The molecule has 2 aliphatic heterocycles. The standard InChI is InChI=1S/C13H26N4O3S/c1-15(2)21(19,20)17-9-7-16(8-10-17)13(18)4-3-12-5-6-14-11-12/h12,14H,3-11H2,1-2H3. The molecule has 0 bridgehead atoms. The quantitative estimate of drug-likeness (QED) is 0.729. The fourth-order valence-electron chi connectivity index (χ4n) is 2.85. The predicted octanol–water partition coefficient (Wildman–Crippen LogP) is -0.673. The summed E-state index contributed by atoms with van der Waals surface area (Å²) in [5.74, 6) is 0.771. The van der Waals surface area contributed by atoms with E-state index in [9.17, 15) is 13.2 Å². The minimum Gasteiger partial charge on any atom is -0.340 e. The van der Waals surface area contributed by atoms with Crippen LogP contribution in [0.5, 0.6) is 0 Å². The molecule has 122 valence electrons. The van der Waals surface area contributed by atoms with E-state index in [-0.39, 0.29) is 5.91 Å². The van der Waals surface area contributed by atoms with E-state index in [1.807, 2.05) is 0 Å². The van der Waals surface area contributed by atoms with Gasteiger partial charge in [-0.3, -0.25) is 4.79 Å². The highest BCUT2D eigenvalue weighted by molar-refractivity contribution is 7.86. The summed E-state index contributed by atoms with van der Waals surface area (Å²) in [6.07, 6.45) is 2.66. The van der Waals surface area contributed by atoms with Gasteiger partial charge in [-0.05, 0) is 31.8 Å². The molecular weight excluding hydrogens is 292 g/mol. The summed E-state index contributed by atoms with van der Waals surface area (Å²) in [4.78, 5) is 14.0. The van der Waals surface area contributed by atoms with Crippen LogP contribution in [-0.2, 0) is 15.0 Å². The van der Waals surface area contributed by atoms with Gasteiger partial charge >= 0.3 is 0 Å². The molecule has 1 atom stereocenters. The first-order chi connectivity index (χ1) is 9.91. The number of carbonyl (C=O) groups is 1. The molecule has 1 N–H and O–H groups in total. The Morgan fingerprint density at radius 2 is 1.90 bits per heavy atom. The molecule has 8 heteroatoms. The predicted molar refractivity (Wildman–Crippen MR) is 81.0 cm³/mol. The second-order valence-electron chi connectivity index (χ2n) is 5.97. The van der Waals surface area contributed by atoms with Gasteiger partial charge in [0.25, 0.3) is 10.2 Å². The molecule has 21 heavy (non-hydrogen) atoms. The van der Waals surface area contributed by atoms with Gasteiger partial charge in [0.1, 0.15) is 0 Å². The maximum Gasteiger partial charge on any atom is 0.281 e. The molecule has 0 spiro atoms. The molecule has 1 amide bonds. The van der Waals surface area contributed by atoms with Crippen LogP contribution in [0.3, 0.4) is 0 Å². The summed E-state index contributed by atoms with van der Waals surface area (Å²) in [6.45, 7) is 3.83. The highest BCUT2D eigenvalue weighted by Gasteiger charge is 2.30. The van der Waals surface area contributed by atoms with Gasteiger partial charge in [-0.15, -0.1) is 0 Å². The van der Waals surface area contributed by atoms with Gasteiger partial charge in [-0.2, -0.15) is 17.0 Å². The minimum absolute atomic E-state index is 0.156. The third kappa shape index (κ3) is 4.15. The maximum atomic E-state index is 12.2. The van der Waals surface area contributed by atoms with E-state index in [0.29, 0.717) is 38.5 Å². The second kappa shape index (κ2) is 7.04. The first-order valence-electron chi connectivity index (χ1n) is 7.57. The summed E-state index contributed by atoms with van der Waals surface area (Å²) in [5, 5.41) is 3.31. The highest BCUT2D eigenvalue weighted by Crippen LogP contribution is 2.16. The second-order valence-corrected chi connectivity index (χ2v) is 8.11. The van der Waals surface area contributed by atoms with Crippen LogP contribution in [0.2, 0.25) is 0 Å². The van der Waals surface area contributed by atoms with E-state index >= 15 is 0 Å². The van der Waals surface area contributed by atoms with Gasteiger partial charge < -0.3 is 10.2 Å². The van der Waals surface area contributed by atoms with E-state index in [4.69, 9.17) is 0 Å². The van der Waals surface area contributed by atoms with Crippen LogP contribution in [0.15, 0.2) is 0 Å². The Morgan fingerprint density at radius 3 is 2.43 bits per heavy atom. The van der Waals surface area contributed by atoms with Crippen molar-refractivity contribution in [3.05, 3.63) is 0 Å². The van der Waals surface area contributed by atoms with Crippen LogP contribution >= 0.6 is 0 Å². The van der Waals surface area contributed by atoms with Gasteiger partial charge in [0.05, 0.1) is 0 Å². The summed E-state index contributed by atoms with van der Waals surface area (Å²) in [5.41, 5.74) is 0. The fraction of sp³-hybridized carbons (Fsp3) is 0.923. The summed E-state index contributed by atoms with van der Waals surface area (Å²) < 4.78 is 26.7. The van der Waals surface area contributed by atoms with Crippen molar-refractivity contribution in [2.24, 2.45) is 5.92 Å². The van der Waals surface area contributed by atoms with E-state index < -0.39 is 10.2 Å². The number of hydrogen-bond donors (Lipinski definition) is 1. The number of nitrogens with zero attached hydrogens (tertiary/aromatic N) is 3. The molecule has 2 fully saturated rings. The third-order valence-corrected chi connectivity index (χ3v) is 6.25. The number of piperazine rings is 1. The molecule has 2 heterocycles. The van der Waals surface area contributed by atoms with Crippen molar-refractivity contribution in [1.29, 1.82) is 0 Å². The zero-order valence-corrected chi connectivity index (χ0v) is 13.7. The fourth-order valence-corrected chi connectivity index (χ4v) is 3.93. The zero-order valence-electron chi connectivity index (χ0n) is 12.9. The zero-order chi connectivity index (χ0) is 15.5. The van der Waals surface area contributed by atoms with Gasteiger partial charge in [-0.1, -0.05) is 0 Å². The van der Waals surface area contributed by atoms with Gasteiger partial charge in [-0.25, -0.2) is 0 Å². The molecule has 0 aliphatic carbocycles. The van der Waals surface area contributed by atoms with E-state index in [1.165, 1.54) is 22.7 Å². The van der Waals surface area contributed by atoms with Crippen molar-refractivity contribution in [2.75, 3.05) is 53.4 Å². The lowest BCUT2D eigenvalue weighted by atomic mass is 10.0. The smallest absolute Gasteiger partial charge is 0.281 e. The molecular formula is C13H26N4O3S. The van der Waals surface area contributed by atoms with Crippen molar-refractivity contribution in [1.82, 2.24) is 18.8 Å². The average Bonchev–Trinajstić information content (AvgIpc) is 2.98. The van der Waals surface area contributed by atoms with Crippen LogP contribution < -0.4 is 5.32 Å². The van der Waals surface area contributed by atoms with E-state index in [1.54, 1.807) is 4.90 Å². The lowest BCUT2D eigenvalue weighted by Crippen LogP contribution is -2.53. The first kappa shape index (κ1) is 16.7. The Bertz CT molecular complexity index is 452. The molecule has 2 aliphatic rings. The molecule has 2 saturated heterocycles. The number of carbonyl (C=O) groups excluding carboxylic acids is 1. The number of rotatable bonds is 5. The van der Waals surface area contributed by atoms with Crippen molar-refractivity contribution < 1.29 is 13.2 Å². The van der Waals surface area contributed by atoms with E-state index in [2.05, 4.69) is 5.32 Å². The molecule has 0 saturated carbocycles. The molecule has 2 rings (SSSR count). The van der Waals surface area contributed by atoms with Crippen molar-refractivity contribution >= 4 is 16.1 Å². The van der Waals surface area contributed by atoms with Gasteiger partial charge in [0, 0.05) is 46.7 Å². The number of hydrogen-bond acceptors (Lipinski definition) is 4. The largest absolute Gasteiger partial charge is 0.340 e. The van der Waals surface area contributed by atoms with E-state index in [0.717, 1.165) is 25.9 Å². The van der Waals surface area contributed by atoms with Crippen LogP contribution in [0, 0.1) is 5.92 Å². The molecule has 0 aromatic carbocycles. The van der Waals surface area contributed by atoms with Crippen molar-refractivity contribution in [3.63, 3.8) is 0 Å². The SMILES string of the molecule is CN(C)S(=O)(=O)N1CCN(C(=O)CCC2CCNC2)CC1. The first-order valence-corrected chi connectivity index (χ1v) is 8.97. The summed E-state index contributed by atoms with van der Waals surface area (Å²) in [6, 6.07) is 0. The minimum atomic E-state index is -3.35. The Morgan fingerprint density at radius 1 is 1.24 bits per heavy atom. The Hall–Kier alpha value is -0.700. The number of nitrogens with one attached hydrogen (secondary N) is 1. The highest BCUT2D eigenvalue weighted by atomic mass is 32.2. The molecule has 7 nitrogen and oxygen atoms in total. The van der Waals surface area contributed by atoms with Crippen LogP contribution in [0.4, 0.5) is 0 Å². The van der Waals surface area contributed by atoms with Crippen LogP contribution in [-0.4, -0.2) is 81.2 Å². The molecule has 0 aromatic heterocycles. The topological polar surface area (TPSA) is 73.0 Å². The van der Waals surface area contributed by atoms with Crippen molar-refractivity contribution in [2.45, 2.75) is 19.3 Å². The lowest BCUT2D eigenvalue weighted by molar-refractivity contribution is -0.132. The Labute approximate surface area is 127 Å². The number of amides is 1. The Balaban J connectivity index is 1.76. The molecule has 0 radical (unpaired) electrons. The van der Waals surface area contributed by atoms with Crippen molar-refractivity contribution in [3.8, 4) is 0 Å². The van der Waals surface area contributed by atoms with Crippen LogP contribution in [0.25, 0.3) is 0 Å². The van der Waals surface area contributed by atoms with Gasteiger partial charge in [0.15, 0.2) is 0 Å². The summed E-state index contributed by atoms with van der Waals surface area (Å²) >= 11 is 0. The summed E-state index contributed by atoms with van der Waals surface area (Å²) in [7, 11) is -0.293. The molecule has 0 aromatic rings. The van der Waals surface area contributed by atoms with Crippen LogP contribution in [0.1, 0.15) is 19.3 Å². The monoisotopic (exact) mass is 318 g/mol. The average molecular weight is 318 g/mol. The normalized spacial score (nSPS) is 24.7. The lowest BCUT2D eigenvalue weighted by Gasteiger charge is -2.35.